The fourth-order valence-electron chi connectivity index (χ4n) is 1.17. The summed E-state index contributed by atoms with van der Waals surface area (Å²) >= 11 is 6.87. The topological polar surface area (TPSA) is 13.1 Å². The van der Waals surface area contributed by atoms with Crippen LogP contribution in [0.15, 0.2) is 31.6 Å². The molecule has 12 heavy (non-hydrogen) atoms. The number of hydrogen-bond acceptors (Lipinski definition) is 1. The summed E-state index contributed by atoms with van der Waals surface area (Å²) in [6.07, 6.45) is 0. The van der Waals surface area contributed by atoms with E-state index < -0.39 is 0 Å². The molecule has 62 valence electrons. The lowest BCUT2D eigenvalue weighted by molar-refractivity contribution is 0.577. The summed E-state index contributed by atoms with van der Waals surface area (Å²) in [7, 11) is 0. The van der Waals surface area contributed by atoms with Crippen LogP contribution in [0.1, 0.15) is 5.76 Å². The molecule has 0 unspecified atom stereocenters. The summed E-state index contributed by atoms with van der Waals surface area (Å²) in [6, 6.07) is 6.05. The molecular weight excluding hydrogens is 284 g/mol. The van der Waals surface area contributed by atoms with E-state index in [2.05, 4.69) is 31.9 Å². The summed E-state index contributed by atoms with van der Waals surface area (Å²) in [5, 5.41) is 1.13. The standard InChI is InChI=1S/C9H6Br2O/c1-5-4-6-2-3-7(10)8(11)9(6)12-5/h2-4H,1H3. The van der Waals surface area contributed by atoms with E-state index in [0.29, 0.717) is 0 Å². The number of fused-ring (bicyclic) bond motifs is 1. The van der Waals surface area contributed by atoms with Crippen molar-refractivity contribution in [3.8, 4) is 0 Å². The zero-order valence-electron chi connectivity index (χ0n) is 6.40. The average molecular weight is 290 g/mol. The molecular formula is C9H6Br2O. The van der Waals surface area contributed by atoms with Crippen LogP contribution < -0.4 is 0 Å². The number of furan rings is 1. The molecule has 0 radical (unpaired) electrons. The Morgan fingerprint density at radius 2 is 2.00 bits per heavy atom. The van der Waals surface area contributed by atoms with Gasteiger partial charge in [-0.2, -0.15) is 0 Å². The summed E-state index contributed by atoms with van der Waals surface area (Å²) in [6.45, 7) is 1.94. The Hall–Kier alpha value is -0.280. The van der Waals surface area contributed by atoms with Gasteiger partial charge in [-0.3, -0.25) is 0 Å². The minimum absolute atomic E-state index is 0.905. The molecule has 0 saturated carbocycles. The van der Waals surface area contributed by atoms with E-state index in [1.165, 1.54) is 0 Å². The lowest BCUT2D eigenvalue weighted by atomic mass is 10.2. The summed E-state index contributed by atoms with van der Waals surface area (Å²) in [5.41, 5.74) is 0.905. The predicted molar refractivity (Wildman–Crippen MR) is 56.4 cm³/mol. The molecule has 0 atom stereocenters. The summed E-state index contributed by atoms with van der Waals surface area (Å²) in [5.74, 6) is 0.934. The van der Waals surface area contributed by atoms with Crippen LogP contribution in [0.2, 0.25) is 0 Å². The van der Waals surface area contributed by atoms with Crippen molar-refractivity contribution in [3.05, 3.63) is 32.9 Å². The van der Waals surface area contributed by atoms with Gasteiger partial charge in [0.1, 0.15) is 11.3 Å². The predicted octanol–water partition coefficient (Wildman–Crippen LogP) is 4.27. The smallest absolute Gasteiger partial charge is 0.149 e. The molecule has 0 aliphatic carbocycles. The van der Waals surface area contributed by atoms with Crippen LogP contribution in [-0.4, -0.2) is 0 Å². The van der Waals surface area contributed by atoms with Gasteiger partial charge in [0, 0.05) is 9.86 Å². The maximum Gasteiger partial charge on any atom is 0.149 e. The fourth-order valence-corrected chi connectivity index (χ4v) is 1.93. The lowest BCUT2D eigenvalue weighted by Gasteiger charge is -1.94. The molecule has 0 fully saturated rings. The van der Waals surface area contributed by atoms with Gasteiger partial charge in [0.25, 0.3) is 0 Å². The van der Waals surface area contributed by atoms with Gasteiger partial charge in [-0.05, 0) is 57.0 Å². The molecule has 0 saturated heterocycles. The van der Waals surface area contributed by atoms with Crippen molar-refractivity contribution in [2.45, 2.75) is 6.92 Å². The van der Waals surface area contributed by atoms with Crippen LogP contribution in [0.5, 0.6) is 0 Å². The first-order valence-electron chi connectivity index (χ1n) is 3.52. The maximum absolute atomic E-state index is 5.50. The highest BCUT2D eigenvalue weighted by molar-refractivity contribution is 9.13. The molecule has 1 aromatic carbocycles. The molecule has 2 rings (SSSR count). The van der Waals surface area contributed by atoms with Crippen molar-refractivity contribution < 1.29 is 4.42 Å². The lowest BCUT2D eigenvalue weighted by Crippen LogP contribution is -1.69. The molecule has 1 heterocycles. The largest absolute Gasteiger partial charge is 0.460 e. The van der Waals surface area contributed by atoms with Gasteiger partial charge in [0.15, 0.2) is 0 Å². The van der Waals surface area contributed by atoms with E-state index in [9.17, 15) is 0 Å². The van der Waals surface area contributed by atoms with E-state index in [1.807, 2.05) is 25.1 Å². The van der Waals surface area contributed by atoms with Gasteiger partial charge in [-0.15, -0.1) is 0 Å². The molecule has 0 N–H and O–H groups in total. The summed E-state index contributed by atoms with van der Waals surface area (Å²) < 4.78 is 7.50. The Bertz CT molecular complexity index is 431. The molecule has 0 bridgehead atoms. The fraction of sp³-hybridized carbons (Fsp3) is 0.111. The van der Waals surface area contributed by atoms with Crippen LogP contribution in [0, 0.1) is 6.92 Å². The Balaban J connectivity index is 2.89. The molecule has 2 aromatic rings. The number of benzene rings is 1. The molecule has 0 amide bonds. The first kappa shape index (κ1) is 8.32. The van der Waals surface area contributed by atoms with Crippen molar-refractivity contribution in [3.63, 3.8) is 0 Å². The first-order valence-corrected chi connectivity index (χ1v) is 5.11. The van der Waals surface area contributed by atoms with E-state index in [-0.39, 0.29) is 0 Å². The van der Waals surface area contributed by atoms with Crippen LogP contribution >= 0.6 is 31.9 Å². The van der Waals surface area contributed by atoms with Gasteiger partial charge in [0.05, 0.1) is 4.47 Å². The summed E-state index contributed by atoms with van der Waals surface area (Å²) in [4.78, 5) is 0. The number of halogens is 2. The first-order chi connectivity index (χ1) is 5.68. The van der Waals surface area contributed by atoms with Crippen molar-refractivity contribution >= 4 is 42.8 Å². The second-order valence-electron chi connectivity index (χ2n) is 2.64. The number of aryl methyl sites for hydroxylation is 1. The van der Waals surface area contributed by atoms with Crippen LogP contribution in [0.25, 0.3) is 11.0 Å². The average Bonchev–Trinajstić information content (AvgIpc) is 2.39. The third-order valence-corrected chi connectivity index (χ3v) is 3.68. The van der Waals surface area contributed by atoms with Crippen molar-refractivity contribution in [2.75, 3.05) is 0 Å². The molecule has 1 aromatic heterocycles. The van der Waals surface area contributed by atoms with Crippen LogP contribution in [0.4, 0.5) is 0 Å². The molecule has 1 nitrogen and oxygen atoms in total. The SMILES string of the molecule is Cc1cc2ccc(Br)c(Br)c2o1. The Kier molecular flexibility index (Phi) is 2.00. The Morgan fingerprint density at radius 3 is 2.75 bits per heavy atom. The van der Waals surface area contributed by atoms with Gasteiger partial charge in [-0.1, -0.05) is 0 Å². The third kappa shape index (κ3) is 1.21. The minimum Gasteiger partial charge on any atom is -0.460 e. The highest BCUT2D eigenvalue weighted by Gasteiger charge is 2.06. The molecule has 0 aliphatic rings. The van der Waals surface area contributed by atoms with Gasteiger partial charge < -0.3 is 4.42 Å². The number of rotatable bonds is 0. The normalized spacial score (nSPS) is 10.9. The highest BCUT2D eigenvalue weighted by atomic mass is 79.9. The zero-order valence-corrected chi connectivity index (χ0v) is 9.57. The molecule has 3 heteroatoms. The monoisotopic (exact) mass is 288 g/mol. The molecule has 0 aliphatic heterocycles. The van der Waals surface area contributed by atoms with E-state index in [4.69, 9.17) is 4.42 Å². The van der Waals surface area contributed by atoms with Crippen molar-refractivity contribution in [1.82, 2.24) is 0 Å². The zero-order chi connectivity index (χ0) is 8.72. The molecule has 0 spiro atoms. The second-order valence-corrected chi connectivity index (χ2v) is 4.28. The van der Waals surface area contributed by atoms with Crippen LogP contribution in [-0.2, 0) is 0 Å². The van der Waals surface area contributed by atoms with E-state index >= 15 is 0 Å². The number of hydrogen-bond donors (Lipinski definition) is 0. The minimum atomic E-state index is 0.905. The van der Waals surface area contributed by atoms with Crippen LogP contribution in [0.3, 0.4) is 0 Å². The van der Waals surface area contributed by atoms with Crippen molar-refractivity contribution in [1.29, 1.82) is 0 Å². The Morgan fingerprint density at radius 1 is 1.25 bits per heavy atom. The highest BCUT2D eigenvalue weighted by Crippen LogP contribution is 2.32. The van der Waals surface area contributed by atoms with Gasteiger partial charge >= 0.3 is 0 Å². The van der Waals surface area contributed by atoms with Gasteiger partial charge in [0.2, 0.25) is 0 Å². The Labute approximate surface area is 87.0 Å². The van der Waals surface area contributed by atoms with E-state index in [1.54, 1.807) is 0 Å². The third-order valence-electron chi connectivity index (χ3n) is 1.70. The van der Waals surface area contributed by atoms with Crippen molar-refractivity contribution in [2.24, 2.45) is 0 Å². The quantitative estimate of drug-likeness (QED) is 0.706. The van der Waals surface area contributed by atoms with Gasteiger partial charge in [-0.25, -0.2) is 0 Å². The van der Waals surface area contributed by atoms with E-state index in [0.717, 1.165) is 25.7 Å². The second kappa shape index (κ2) is 2.89. The maximum atomic E-state index is 5.50.